The summed E-state index contributed by atoms with van der Waals surface area (Å²) < 4.78 is 0. The van der Waals surface area contributed by atoms with Crippen molar-refractivity contribution in [1.29, 1.82) is 0 Å². The molecule has 1 aliphatic carbocycles. The lowest BCUT2D eigenvalue weighted by Crippen LogP contribution is -2.28. The zero-order chi connectivity index (χ0) is 11.0. The standard InChI is InChI=1S/C9H17N.C4H8/c1-8(2)10-9-6-4-3-5-7-9;1-4(2)3/h9-10H,1,3-7H2,2H3;1H2,2-3H3. The van der Waals surface area contributed by atoms with Crippen LogP contribution in [-0.2, 0) is 0 Å². The Kier molecular flexibility index (Phi) is 7.27. The van der Waals surface area contributed by atoms with E-state index in [0.717, 1.165) is 11.7 Å². The number of allylic oxidation sites excluding steroid dienone is 2. The van der Waals surface area contributed by atoms with E-state index < -0.39 is 0 Å². The molecule has 0 bridgehead atoms. The molecule has 0 heterocycles. The maximum Gasteiger partial charge on any atom is 0.0257 e. The summed E-state index contributed by atoms with van der Waals surface area (Å²) in [5, 5.41) is 3.39. The van der Waals surface area contributed by atoms with Crippen molar-refractivity contribution in [3.8, 4) is 0 Å². The predicted molar refractivity (Wildman–Crippen MR) is 65.3 cm³/mol. The van der Waals surface area contributed by atoms with Crippen LogP contribution in [0.5, 0.6) is 0 Å². The molecule has 0 amide bonds. The van der Waals surface area contributed by atoms with Gasteiger partial charge in [0.05, 0.1) is 0 Å². The monoisotopic (exact) mass is 195 g/mol. The molecule has 0 aromatic rings. The lowest BCUT2D eigenvalue weighted by atomic mass is 9.95. The van der Waals surface area contributed by atoms with Gasteiger partial charge in [-0.15, -0.1) is 6.58 Å². The van der Waals surface area contributed by atoms with Gasteiger partial charge >= 0.3 is 0 Å². The topological polar surface area (TPSA) is 12.0 Å². The van der Waals surface area contributed by atoms with Crippen molar-refractivity contribution in [2.75, 3.05) is 0 Å². The van der Waals surface area contributed by atoms with Crippen molar-refractivity contribution >= 4 is 0 Å². The van der Waals surface area contributed by atoms with E-state index >= 15 is 0 Å². The van der Waals surface area contributed by atoms with E-state index in [0.29, 0.717) is 0 Å². The zero-order valence-corrected chi connectivity index (χ0v) is 10.0. The fourth-order valence-electron chi connectivity index (χ4n) is 1.60. The molecular formula is C13H25N. The molecule has 1 aliphatic rings. The summed E-state index contributed by atoms with van der Waals surface area (Å²) in [7, 11) is 0. The van der Waals surface area contributed by atoms with E-state index in [9.17, 15) is 0 Å². The molecule has 1 heteroatoms. The average molecular weight is 195 g/mol. The van der Waals surface area contributed by atoms with Crippen molar-refractivity contribution in [2.24, 2.45) is 0 Å². The number of nitrogens with one attached hydrogen (secondary N) is 1. The Bertz CT molecular complexity index is 172. The molecule has 14 heavy (non-hydrogen) atoms. The van der Waals surface area contributed by atoms with E-state index in [-0.39, 0.29) is 0 Å². The SMILES string of the molecule is C=C(C)C.C=C(C)NC1CCCCC1. The number of hydrogen-bond donors (Lipinski definition) is 1. The number of hydrogen-bond acceptors (Lipinski definition) is 1. The molecule has 1 nitrogen and oxygen atoms in total. The highest BCUT2D eigenvalue weighted by atomic mass is 14.9. The molecule has 0 spiro atoms. The molecule has 0 aromatic heterocycles. The number of rotatable bonds is 2. The molecule has 1 saturated carbocycles. The van der Waals surface area contributed by atoms with Crippen LogP contribution >= 0.6 is 0 Å². The molecular weight excluding hydrogens is 170 g/mol. The summed E-state index contributed by atoms with van der Waals surface area (Å²) in [6.07, 6.45) is 6.89. The summed E-state index contributed by atoms with van der Waals surface area (Å²) in [5.74, 6) is 0. The summed E-state index contributed by atoms with van der Waals surface area (Å²) in [4.78, 5) is 0. The van der Waals surface area contributed by atoms with Crippen molar-refractivity contribution in [3.63, 3.8) is 0 Å². The van der Waals surface area contributed by atoms with Crippen LogP contribution in [0.3, 0.4) is 0 Å². The van der Waals surface area contributed by atoms with Crippen molar-refractivity contribution < 1.29 is 0 Å². The van der Waals surface area contributed by atoms with Crippen LogP contribution in [-0.4, -0.2) is 6.04 Å². The fraction of sp³-hybridized carbons (Fsp3) is 0.692. The van der Waals surface area contributed by atoms with Gasteiger partial charge in [-0.05, 0) is 33.6 Å². The van der Waals surface area contributed by atoms with Crippen LogP contribution in [0.2, 0.25) is 0 Å². The smallest absolute Gasteiger partial charge is 0.0257 e. The molecule has 0 aliphatic heterocycles. The van der Waals surface area contributed by atoms with Gasteiger partial charge in [0, 0.05) is 11.7 Å². The van der Waals surface area contributed by atoms with E-state index in [4.69, 9.17) is 0 Å². The van der Waals surface area contributed by atoms with Crippen LogP contribution in [0, 0.1) is 0 Å². The molecule has 1 rings (SSSR count). The Morgan fingerprint density at radius 2 is 1.43 bits per heavy atom. The Balaban J connectivity index is 0.000000364. The van der Waals surface area contributed by atoms with Gasteiger partial charge < -0.3 is 5.32 Å². The highest BCUT2D eigenvalue weighted by molar-refractivity contribution is 4.89. The fourth-order valence-corrected chi connectivity index (χ4v) is 1.60. The first-order chi connectivity index (χ1) is 6.52. The van der Waals surface area contributed by atoms with Gasteiger partial charge in [-0.3, -0.25) is 0 Å². The van der Waals surface area contributed by atoms with Crippen LogP contribution in [0.1, 0.15) is 52.9 Å². The first-order valence-electron chi connectivity index (χ1n) is 5.56. The highest BCUT2D eigenvalue weighted by Gasteiger charge is 2.11. The van der Waals surface area contributed by atoms with Crippen LogP contribution < -0.4 is 5.32 Å². The molecule has 0 saturated heterocycles. The quantitative estimate of drug-likeness (QED) is 0.656. The Morgan fingerprint density at radius 3 is 1.79 bits per heavy atom. The Morgan fingerprint density at radius 1 is 1.00 bits per heavy atom. The lowest BCUT2D eigenvalue weighted by Gasteiger charge is -2.23. The van der Waals surface area contributed by atoms with Crippen molar-refractivity contribution in [1.82, 2.24) is 5.32 Å². The predicted octanol–water partition coefficient (Wildman–Crippen LogP) is 4.02. The largest absolute Gasteiger partial charge is 0.386 e. The maximum atomic E-state index is 3.84. The summed E-state index contributed by atoms with van der Waals surface area (Å²) in [6.45, 7) is 13.4. The average Bonchev–Trinajstić information content (AvgIpc) is 2.03. The Hall–Kier alpha value is -0.720. The summed E-state index contributed by atoms with van der Waals surface area (Å²) in [5.41, 5.74) is 2.28. The third-order valence-corrected chi connectivity index (χ3v) is 2.06. The normalized spacial score (nSPS) is 16.5. The second-order valence-electron chi connectivity index (χ2n) is 4.47. The third-order valence-electron chi connectivity index (χ3n) is 2.06. The van der Waals surface area contributed by atoms with Gasteiger partial charge in [-0.1, -0.05) is 31.4 Å². The van der Waals surface area contributed by atoms with Gasteiger partial charge in [0.25, 0.3) is 0 Å². The second-order valence-corrected chi connectivity index (χ2v) is 4.47. The van der Waals surface area contributed by atoms with Gasteiger partial charge in [-0.25, -0.2) is 0 Å². The van der Waals surface area contributed by atoms with E-state index in [1.165, 1.54) is 37.7 Å². The van der Waals surface area contributed by atoms with Crippen molar-refractivity contribution in [2.45, 2.75) is 58.9 Å². The summed E-state index contributed by atoms with van der Waals surface area (Å²) in [6, 6.07) is 0.728. The molecule has 0 aromatic carbocycles. The van der Waals surface area contributed by atoms with E-state index in [1.807, 2.05) is 20.8 Å². The molecule has 82 valence electrons. The minimum Gasteiger partial charge on any atom is -0.386 e. The lowest BCUT2D eigenvalue weighted by molar-refractivity contribution is 0.397. The van der Waals surface area contributed by atoms with Crippen LogP contribution in [0.25, 0.3) is 0 Å². The minimum absolute atomic E-state index is 0.728. The van der Waals surface area contributed by atoms with E-state index in [1.54, 1.807) is 0 Å². The first-order valence-corrected chi connectivity index (χ1v) is 5.56. The third kappa shape index (κ3) is 9.37. The summed E-state index contributed by atoms with van der Waals surface area (Å²) >= 11 is 0. The Labute approximate surface area is 89.3 Å². The van der Waals surface area contributed by atoms with E-state index in [2.05, 4.69) is 18.5 Å². The van der Waals surface area contributed by atoms with Gasteiger partial charge in [0.2, 0.25) is 0 Å². The molecule has 0 atom stereocenters. The molecule has 0 unspecified atom stereocenters. The van der Waals surface area contributed by atoms with Gasteiger partial charge in [-0.2, -0.15) is 0 Å². The van der Waals surface area contributed by atoms with Gasteiger partial charge in [0.15, 0.2) is 0 Å². The second kappa shape index (κ2) is 7.66. The van der Waals surface area contributed by atoms with Crippen LogP contribution in [0.4, 0.5) is 0 Å². The molecule has 0 radical (unpaired) electrons. The van der Waals surface area contributed by atoms with Crippen LogP contribution in [0.15, 0.2) is 24.4 Å². The molecule has 1 fully saturated rings. The molecule has 1 N–H and O–H groups in total. The van der Waals surface area contributed by atoms with Gasteiger partial charge in [0.1, 0.15) is 0 Å². The first kappa shape index (κ1) is 13.3. The zero-order valence-electron chi connectivity index (χ0n) is 10.0. The van der Waals surface area contributed by atoms with Crippen molar-refractivity contribution in [3.05, 3.63) is 24.4 Å². The minimum atomic E-state index is 0.728. The highest BCUT2D eigenvalue weighted by Crippen LogP contribution is 2.17. The maximum absolute atomic E-state index is 3.84.